The maximum atomic E-state index is 3.74. The molecule has 0 amide bonds. The summed E-state index contributed by atoms with van der Waals surface area (Å²) in [7, 11) is 2.14. The van der Waals surface area contributed by atoms with E-state index in [0.29, 0.717) is 0 Å². The van der Waals surface area contributed by atoms with E-state index in [2.05, 4.69) is 80.1 Å². The molecule has 1 nitrogen and oxygen atoms in total. The van der Waals surface area contributed by atoms with E-state index in [1.807, 2.05) is 26.0 Å². The minimum Gasteiger partial charge on any atom is -0.349 e. The van der Waals surface area contributed by atoms with Gasteiger partial charge >= 0.3 is 0 Å². The van der Waals surface area contributed by atoms with Crippen molar-refractivity contribution >= 4 is 5.57 Å². The summed E-state index contributed by atoms with van der Waals surface area (Å²) in [5.41, 5.74) is 5.37. The Morgan fingerprint density at radius 3 is 2.42 bits per heavy atom. The standard InChI is InChI=1S/C21H25N.C2H6/c1-4-6-14-20(5-2)22(3)21-15-10-13-19(16-17-21)18-11-8-7-9-12-18;1-2/h4-9,11-15H,1,10,16-17H2,2-3H3;1-2H3/b14-6-,20-5+;. The Morgan fingerprint density at radius 2 is 1.79 bits per heavy atom. The first kappa shape index (κ1) is 19.8. The quantitative estimate of drug-likeness (QED) is 0.543. The fraction of sp³-hybridized carbons (Fsp3) is 0.304. The van der Waals surface area contributed by atoms with E-state index in [1.54, 1.807) is 0 Å². The zero-order valence-electron chi connectivity index (χ0n) is 15.6. The van der Waals surface area contributed by atoms with Crippen molar-refractivity contribution in [2.24, 2.45) is 0 Å². The van der Waals surface area contributed by atoms with Crippen LogP contribution in [-0.4, -0.2) is 11.9 Å². The molecule has 0 aromatic heterocycles. The summed E-state index contributed by atoms with van der Waals surface area (Å²) in [6, 6.07) is 10.7. The van der Waals surface area contributed by atoms with Gasteiger partial charge in [-0.1, -0.05) is 81.1 Å². The zero-order valence-corrected chi connectivity index (χ0v) is 15.6. The van der Waals surface area contributed by atoms with Crippen LogP contribution in [0.1, 0.15) is 45.6 Å². The van der Waals surface area contributed by atoms with Crippen LogP contribution in [0.2, 0.25) is 0 Å². The fourth-order valence-electron chi connectivity index (χ4n) is 2.76. The van der Waals surface area contributed by atoms with Crippen LogP contribution in [0, 0.1) is 0 Å². The van der Waals surface area contributed by atoms with Crippen LogP contribution in [0.4, 0.5) is 0 Å². The minimum atomic E-state index is 0.992. The van der Waals surface area contributed by atoms with Crippen LogP contribution in [0.5, 0.6) is 0 Å². The van der Waals surface area contributed by atoms with Crippen molar-refractivity contribution in [2.45, 2.75) is 40.0 Å². The number of hydrogen-bond donors (Lipinski definition) is 0. The van der Waals surface area contributed by atoms with Crippen LogP contribution in [0.15, 0.2) is 84.8 Å². The third kappa shape index (κ3) is 5.73. The largest absolute Gasteiger partial charge is 0.349 e. The Morgan fingerprint density at radius 1 is 1.08 bits per heavy atom. The number of nitrogens with zero attached hydrogens (tertiary/aromatic N) is 1. The third-order valence-corrected chi connectivity index (χ3v) is 4.03. The van der Waals surface area contributed by atoms with Gasteiger partial charge in [0.05, 0.1) is 0 Å². The average Bonchev–Trinajstić information content (AvgIpc) is 2.91. The van der Waals surface area contributed by atoms with Crippen LogP contribution in [0.3, 0.4) is 0 Å². The highest BCUT2D eigenvalue weighted by Gasteiger charge is 2.11. The van der Waals surface area contributed by atoms with Crippen molar-refractivity contribution in [3.8, 4) is 0 Å². The molecular weight excluding hydrogens is 290 g/mol. The van der Waals surface area contributed by atoms with E-state index >= 15 is 0 Å². The molecule has 0 aliphatic heterocycles. The minimum absolute atomic E-state index is 0.992. The number of allylic oxidation sites excluding steroid dienone is 8. The summed E-state index contributed by atoms with van der Waals surface area (Å²) in [5.74, 6) is 0. The normalized spacial score (nSPS) is 14.9. The summed E-state index contributed by atoms with van der Waals surface area (Å²) >= 11 is 0. The Hall–Kier alpha value is -2.28. The summed E-state index contributed by atoms with van der Waals surface area (Å²) < 4.78 is 0. The monoisotopic (exact) mass is 321 g/mol. The number of benzene rings is 1. The first-order valence-electron chi connectivity index (χ1n) is 8.89. The van der Waals surface area contributed by atoms with Crippen molar-refractivity contribution in [1.82, 2.24) is 4.90 Å². The van der Waals surface area contributed by atoms with E-state index in [0.717, 1.165) is 19.3 Å². The third-order valence-electron chi connectivity index (χ3n) is 4.03. The summed E-state index contributed by atoms with van der Waals surface area (Å²) in [4.78, 5) is 2.28. The lowest BCUT2D eigenvalue weighted by atomic mass is 10.0. The highest BCUT2D eigenvalue weighted by atomic mass is 15.1. The molecule has 0 radical (unpaired) electrons. The fourth-order valence-corrected chi connectivity index (χ4v) is 2.76. The van der Waals surface area contributed by atoms with Gasteiger partial charge < -0.3 is 4.90 Å². The molecule has 1 aromatic carbocycles. The first-order chi connectivity index (χ1) is 11.8. The highest BCUT2D eigenvalue weighted by Crippen LogP contribution is 2.28. The van der Waals surface area contributed by atoms with E-state index in [4.69, 9.17) is 0 Å². The van der Waals surface area contributed by atoms with Gasteiger partial charge in [0.25, 0.3) is 0 Å². The molecule has 0 atom stereocenters. The molecule has 1 aliphatic rings. The molecular formula is C23H31N. The van der Waals surface area contributed by atoms with Gasteiger partial charge in [-0.05, 0) is 43.4 Å². The summed E-state index contributed by atoms with van der Waals surface area (Å²) in [6.45, 7) is 9.82. The molecule has 1 aromatic rings. The van der Waals surface area contributed by atoms with E-state index in [-0.39, 0.29) is 0 Å². The Labute approximate surface area is 148 Å². The van der Waals surface area contributed by atoms with E-state index < -0.39 is 0 Å². The number of rotatable bonds is 5. The van der Waals surface area contributed by atoms with Crippen molar-refractivity contribution in [3.63, 3.8) is 0 Å². The molecule has 0 N–H and O–H groups in total. The second-order valence-electron chi connectivity index (χ2n) is 5.39. The molecule has 0 spiro atoms. The Balaban J connectivity index is 0.00000139. The molecule has 0 saturated heterocycles. The molecule has 128 valence electrons. The van der Waals surface area contributed by atoms with Crippen molar-refractivity contribution in [3.05, 3.63) is 90.3 Å². The maximum Gasteiger partial charge on any atom is 0.0362 e. The van der Waals surface area contributed by atoms with E-state index in [1.165, 1.54) is 22.5 Å². The molecule has 0 saturated carbocycles. The Kier molecular flexibility index (Phi) is 9.29. The Bertz CT molecular complexity index is 615. The van der Waals surface area contributed by atoms with Crippen molar-refractivity contribution in [1.29, 1.82) is 0 Å². The van der Waals surface area contributed by atoms with E-state index in [9.17, 15) is 0 Å². The smallest absolute Gasteiger partial charge is 0.0362 e. The second kappa shape index (κ2) is 11.3. The molecule has 1 heteroatoms. The summed E-state index contributed by atoms with van der Waals surface area (Å²) in [5, 5.41) is 0. The predicted molar refractivity (Wildman–Crippen MR) is 109 cm³/mol. The molecule has 0 bridgehead atoms. The average molecular weight is 322 g/mol. The molecule has 0 unspecified atom stereocenters. The van der Waals surface area contributed by atoms with Gasteiger partial charge in [-0.15, -0.1) is 0 Å². The molecule has 24 heavy (non-hydrogen) atoms. The van der Waals surface area contributed by atoms with Gasteiger partial charge in [-0.2, -0.15) is 0 Å². The highest BCUT2D eigenvalue weighted by molar-refractivity contribution is 5.66. The molecule has 0 heterocycles. The molecule has 0 fully saturated rings. The lowest BCUT2D eigenvalue weighted by Crippen LogP contribution is -2.16. The van der Waals surface area contributed by atoms with Gasteiger partial charge in [-0.3, -0.25) is 0 Å². The number of hydrogen-bond acceptors (Lipinski definition) is 1. The SMILES string of the molecule is C=C/C=C\C(=C/C)N(C)C1=CCC=C(c2ccccc2)CC1.CC. The van der Waals surface area contributed by atoms with Crippen LogP contribution in [0.25, 0.3) is 5.57 Å². The zero-order chi connectivity index (χ0) is 17.8. The predicted octanol–water partition coefficient (Wildman–Crippen LogP) is 6.74. The van der Waals surface area contributed by atoms with Crippen LogP contribution in [-0.2, 0) is 0 Å². The lowest BCUT2D eigenvalue weighted by Gasteiger charge is -2.23. The second-order valence-corrected chi connectivity index (χ2v) is 5.39. The van der Waals surface area contributed by atoms with Crippen LogP contribution < -0.4 is 0 Å². The maximum absolute atomic E-state index is 3.74. The topological polar surface area (TPSA) is 3.24 Å². The van der Waals surface area contributed by atoms with Crippen LogP contribution >= 0.6 is 0 Å². The van der Waals surface area contributed by atoms with Gasteiger partial charge in [0, 0.05) is 18.4 Å². The van der Waals surface area contributed by atoms with Gasteiger partial charge in [0.15, 0.2) is 0 Å². The van der Waals surface area contributed by atoms with Gasteiger partial charge in [0.1, 0.15) is 0 Å². The number of likely N-dealkylation sites (N-methyl/N-ethyl adjacent to an activating group) is 1. The van der Waals surface area contributed by atoms with Gasteiger partial charge in [-0.25, -0.2) is 0 Å². The van der Waals surface area contributed by atoms with Gasteiger partial charge in [0.2, 0.25) is 0 Å². The lowest BCUT2D eigenvalue weighted by molar-refractivity contribution is 0.509. The first-order valence-corrected chi connectivity index (χ1v) is 8.89. The van der Waals surface area contributed by atoms with Crippen molar-refractivity contribution in [2.75, 3.05) is 7.05 Å². The molecule has 2 rings (SSSR count). The molecule has 1 aliphatic carbocycles. The van der Waals surface area contributed by atoms with Crippen molar-refractivity contribution < 1.29 is 0 Å². The summed E-state index contributed by atoms with van der Waals surface area (Å²) in [6.07, 6.45) is 15.9.